The van der Waals surface area contributed by atoms with E-state index in [0.717, 1.165) is 56.1 Å². The molecule has 4 aromatic heterocycles. The van der Waals surface area contributed by atoms with Crippen LogP contribution in [0.15, 0.2) is 163 Å². The Hall–Kier alpha value is -6.30. The van der Waals surface area contributed by atoms with Crippen molar-refractivity contribution in [3.8, 4) is 44.9 Å². The molecule has 0 N–H and O–H groups in total. The number of benzene rings is 5. The minimum atomic E-state index is 0.494. The summed E-state index contributed by atoms with van der Waals surface area (Å²) >= 11 is 1.85. The number of aromatic nitrogens is 3. The van der Waals surface area contributed by atoms with Gasteiger partial charge in [-0.3, -0.25) is 9.98 Å². The summed E-state index contributed by atoms with van der Waals surface area (Å²) in [7, 11) is 0. The Morgan fingerprint density at radius 1 is 0.627 bits per heavy atom. The lowest BCUT2D eigenvalue weighted by molar-refractivity contribution is 0.997. The molecule has 0 bridgehead atoms. The highest BCUT2D eigenvalue weighted by molar-refractivity contribution is 7.26. The Kier molecular flexibility index (Phi) is 7.95. The quantitative estimate of drug-likeness (QED) is 0.158. The van der Waals surface area contributed by atoms with Crippen LogP contribution in [-0.2, 0) is 6.54 Å². The van der Waals surface area contributed by atoms with Gasteiger partial charge in [-0.1, -0.05) is 109 Å². The van der Waals surface area contributed by atoms with Gasteiger partial charge in [0.25, 0.3) is 0 Å². The molecule has 4 nitrogen and oxygen atoms in total. The number of pyridine rings is 3. The van der Waals surface area contributed by atoms with Crippen LogP contribution < -0.4 is 0 Å². The van der Waals surface area contributed by atoms with Crippen molar-refractivity contribution in [2.75, 3.05) is 0 Å². The van der Waals surface area contributed by atoms with Gasteiger partial charge in [-0.05, 0) is 82.4 Å². The molecule has 5 aromatic carbocycles. The molecular formula is C46H32N4S. The minimum Gasteiger partial charge on any atom is -0.287 e. The summed E-state index contributed by atoms with van der Waals surface area (Å²) < 4.78 is 2.55. The van der Waals surface area contributed by atoms with Gasteiger partial charge >= 0.3 is 0 Å². The van der Waals surface area contributed by atoms with Gasteiger partial charge in [0.15, 0.2) is 0 Å². The fourth-order valence-corrected chi connectivity index (χ4v) is 8.14. The van der Waals surface area contributed by atoms with Crippen molar-refractivity contribution in [1.82, 2.24) is 15.0 Å². The summed E-state index contributed by atoms with van der Waals surface area (Å²) in [5.74, 6) is 0. The highest BCUT2D eigenvalue weighted by atomic mass is 32.1. The van der Waals surface area contributed by atoms with E-state index in [0.29, 0.717) is 6.54 Å². The fourth-order valence-electron chi connectivity index (χ4n) is 6.90. The molecular weight excluding hydrogens is 641 g/mol. The number of thiophene rings is 1. The first-order valence-corrected chi connectivity index (χ1v) is 17.9. The fraction of sp³-hybridized carbons (Fsp3) is 0.0435. The summed E-state index contributed by atoms with van der Waals surface area (Å²) in [6.07, 6.45) is 7.52. The molecule has 0 fully saturated rings. The van der Waals surface area contributed by atoms with Gasteiger partial charge < -0.3 is 0 Å². The lowest BCUT2D eigenvalue weighted by atomic mass is 9.96. The molecule has 0 spiro atoms. The van der Waals surface area contributed by atoms with Crippen molar-refractivity contribution in [1.29, 1.82) is 0 Å². The average Bonchev–Trinajstić information content (AvgIpc) is 3.59. The molecule has 0 saturated heterocycles. The second kappa shape index (κ2) is 13.2. The van der Waals surface area contributed by atoms with E-state index < -0.39 is 0 Å². The monoisotopic (exact) mass is 672 g/mol. The van der Waals surface area contributed by atoms with Crippen LogP contribution in [0.2, 0.25) is 0 Å². The van der Waals surface area contributed by atoms with Crippen LogP contribution in [0.3, 0.4) is 0 Å². The molecule has 0 atom stereocenters. The zero-order chi connectivity index (χ0) is 34.1. The summed E-state index contributed by atoms with van der Waals surface area (Å²) in [6, 6.07) is 49.5. The molecule has 242 valence electrons. The third-order valence-electron chi connectivity index (χ3n) is 9.35. The van der Waals surface area contributed by atoms with E-state index in [1.165, 1.54) is 36.3 Å². The van der Waals surface area contributed by atoms with Crippen LogP contribution >= 0.6 is 11.3 Å². The Bertz CT molecular complexity index is 2770. The van der Waals surface area contributed by atoms with Crippen LogP contribution in [0.4, 0.5) is 0 Å². The first-order valence-electron chi connectivity index (χ1n) is 17.1. The van der Waals surface area contributed by atoms with Crippen molar-refractivity contribution in [2.24, 2.45) is 4.99 Å². The zero-order valence-electron chi connectivity index (χ0n) is 28.0. The topological polar surface area (TPSA) is 51.0 Å². The van der Waals surface area contributed by atoms with E-state index in [2.05, 4.69) is 131 Å². The van der Waals surface area contributed by atoms with E-state index >= 15 is 0 Å². The Morgan fingerprint density at radius 2 is 1.39 bits per heavy atom. The molecule has 0 amide bonds. The molecule has 9 aromatic rings. The summed E-state index contributed by atoms with van der Waals surface area (Å²) in [5.41, 5.74) is 10.2. The first kappa shape index (κ1) is 30.7. The van der Waals surface area contributed by atoms with Crippen LogP contribution in [0.5, 0.6) is 0 Å². The van der Waals surface area contributed by atoms with Gasteiger partial charge in [-0.2, -0.15) is 0 Å². The molecule has 4 heterocycles. The number of allylic oxidation sites excluding steroid dienone is 2. The van der Waals surface area contributed by atoms with Gasteiger partial charge in [-0.25, -0.2) is 9.97 Å². The van der Waals surface area contributed by atoms with Gasteiger partial charge in [0.2, 0.25) is 0 Å². The predicted molar refractivity (Wildman–Crippen MR) is 216 cm³/mol. The van der Waals surface area contributed by atoms with E-state index in [4.69, 9.17) is 9.97 Å². The number of fused-ring (bicyclic) bond motifs is 6. The molecule has 0 radical (unpaired) electrons. The van der Waals surface area contributed by atoms with Crippen molar-refractivity contribution in [3.05, 3.63) is 164 Å². The van der Waals surface area contributed by atoms with Crippen molar-refractivity contribution >= 4 is 59.4 Å². The third-order valence-corrected chi connectivity index (χ3v) is 10.6. The average molecular weight is 673 g/mol. The summed E-state index contributed by atoms with van der Waals surface area (Å²) in [4.78, 5) is 19.5. The first-order chi connectivity index (χ1) is 25.2. The van der Waals surface area contributed by atoms with Gasteiger partial charge in [-0.15, -0.1) is 11.3 Å². The van der Waals surface area contributed by atoms with E-state index in [9.17, 15) is 0 Å². The predicted octanol–water partition coefficient (Wildman–Crippen LogP) is 12.4. The molecule has 9 rings (SSSR count). The number of nitrogens with zero attached hydrogens (tertiary/aromatic N) is 4. The lowest BCUT2D eigenvalue weighted by Gasteiger charge is -2.12. The van der Waals surface area contributed by atoms with E-state index in [-0.39, 0.29) is 0 Å². The molecule has 0 saturated carbocycles. The molecule has 51 heavy (non-hydrogen) atoms. The largest absolute Gasteiger partial charge is 0.287 e. The van der Waals surface area contributed by atoms with E-state index in [1.54, 1.807) is 6.20 Å². The van der Waals surface area contributed by atoms with Gasteiger partial charge in [0.05, 0.1) is 34.8 Å². The van der Waals surface area contributed by atoms with Crippen LogP contribution in [0.1, 0.15) is 12.6 Å². The van der Waals surface area contributed by atoms with Crippen molar-refractivity contribution in [2.45, 2.75) is 13.5 Å². The Balaban J connectivity index is 1.14. The molecule has 0 aliphatic heterocycles. The standard InChI is InChI=1S/C46H32N4S/c1-2-3-24-47-29-35-26-34(28-42(49-35)40-16-8-9-25-48-40)31-20-18-30(19-21-31)33-22-23-38-41(27-33)50-45(37-15-10-12-32-11-4-5-13-36(32)37)44-39-14-6-7-17-43(39)51-46(38)44/h2-28H,29H2,1H3/b3-2-,47-24?. The maximum atomic E-state index is 5.46. The third kappa shape index (κ3) is 5.78. The SMILES string of the molecule is C/C=C\C=NCc1cc(-c2ccc(-c3ccc4c(c3)nc(-c3cccc5ccccc35)c3c5ccccc5sc43)cc2)cc(-c2ccccn2)n1. The zero-order valence-corrected chi connectivity index (χ0v) is 28.8. The number of hydrogen-bond donors (Lipinski definition) is 0. The molecule has 0 unspecified atom stereocenters. The highest BCUT2D eigenvalue weighted by Gasteiger charge is 2.18. The molecule has 5 heteroatoms. The Labute approximate surface area is 300 Å². The summed E-state index contributed by atoms with van der Waals surface area (Å²) in [5, 5.41) is 6.09. The van der Waals surface area contributed by atoms with Gasteiger partial charge in [0, 0.05) is 43.5 Å². The lowest BCUT2D eigenvalue weighted by Crippen LogP contribution is -1.95. The van der Waals surface area contributed by atoms with Gasteiger partial charge in [0.1, 0.15) is 0 Å². The molecule has 0 aliphatic rings. The molecule has 0 aliphatic carbocycles. The van der Waals surface area contributed by atoms with Crippen LogP contribution in [0, 0.1) is 0 Å². The smallest absolute Gasteiger partial charge is 0.0896 e. The minimum absolute atomic E-state index is 0.494. The highest BCUT2D eigenvalue weighted by Crippen LogP contribution is 2.44. The number of aliphatic imine (C=N–C) groups is 1. The second-order valence-electron chi connectivity index (χ2n) is 12.6. The number of hydrogen-bond acceptors (Lipinski definition) is 5. The summed E-state index contributed by atoms with van der Waals surface area (Å²) in [6.45, 7) is 2.48. The van der Waals surface area contributed by atoms with Crippen molar-refractivity contribution in [3.63, 3.8) is 0 Å². The Morgan fingerprint density at radius 3 is 2.24 bits per heavy atom. The maximum absolute atomic E-state index is 5.46. The number of rotatable bonds is 7. The van der Waals surface area contributed by atoms with Crippen LogP contribution in [-0.4, -0.2) is 21.2 Å². The maximum Gasteiger partial charge on any atom is 0.0896 e. The normalized spacial score (nSPS) is 11.9. The van der Waals surface area contributed by atoms with E-state index in [1.807, 2.05) is 54.8 Å². The second-order valence-corrected chi connectivity index (χ2v) is 13.6. The van der Waals surface area contributed by atoms with Crippen LogP contribution in [0.25, 0.3) is 86.7 Å². The van der Waals surface area contributed by atoms with Crippen molar-refractivity contribution < 1.29 is 0 Å².